The average molecular weight is 262 g/mol. The number of nitrogens with zero attached hydrogens (tertiary/aromatic N) is 1. The van der Waals surface area contributed by atoms with E-state index in [0.29, 0.717) is 5.69 Å². The molecule has 2 rings (SSSR count). The number of hydrogen-bond donors (Lipinski definition) is 1. The Labute approximate surface area is 112 Å². The maximum atomic E-state index is 11.2. The van der Waals surface area contributed by atoms with Crippen molar-refractivity contribution < 1.29 is 9.72 Å². The molecule has 1 aromatic carbocycles. The Morgan fingerprint density at radius 3 is 2.58 bits per heavy atom. The van der Waals surface area contributed by atoms with Crippen LogP contribution in [-0.2, 0) is 4.79 Å². The number of amides is 1. The van der Waals surface area contributed by atoms with Gasteiger partial charge in [-0.3, -0.25) is 14.9 Å². The van der Waals surface area contributed by atoms with Gasteiger partial charge in [0.25, 0.3) is 5.69 Å². The van der Waals surface area contributed by atoms with Crippen molar-refractivity contribution in [3.05, 3.63) is 33.9 Å². The van der Waals surface area contributed by atoms with Crippen LogP contribution in [0, 0.1) is 10.1 Å². The van der Waals surface area contributed by atoms with E-state index < -0.39 is 0 Å². The Balaban J connectivity index is 2.31. The fraction of sp³-hybridized carbons (Fsp3) is 0.500. The molecular formula is C14H18N2O3. The maximum Gasteiger partial charge on any atom is 0.274 e. The molecular weight excluding hydrogens is 244 g/mol. The zero-order valence-corrected chi connectivity index (χ0v) is 11.0. The highest BCUT2D eigenvalue weighted by molar-refractivity contribution is 5.89. The van der Waals surface area contributed by atoms with Crippen molar-refractivity contribution in [2.24, 2.45) is 0 Å². The molecule has 19 heavy (non-hydrogen) atoms. The lowest BCUT2D eigenvalue weighted by Gasteiger charge is -2.22. The van der Waals surface area contributed by atoms with Crippen LogP contribution in [0.4, 0.5) is 11.4 Å². The van der Waals surface area contributed by atoms with Gasteiger partial charge in [0, 0.05) is 24.2 Å². The third-order valence-corrected chi connectivity index (χ3v) is 3.59. The Kier molecular flexibility index (Phi) is 4.14. The minimum atomic E-state index is -0.352. The molecule has 5 heteroatoms. The standard InChI is InChI=1S/C14H18N2O3/c1-10(17)15-12-7-8-13(14(9-12)16(18)19)11-5-3-2-4-6-11/h7-9,11H,2-6H2,1H3,(H,15,17). The zero-order valence-electron chi connectivity index (χ0n) is 11.0. The van der Waals surface area contributed by atoms with Crippen molar-refractivity contribution in [1.29, 1.82) is 0 Å². The van der Waals surface area contributed by atoms with Gasteiger partial charge in [-0.15, -0.1) is 0 Å². The maximum absolute atomic E-state index is 11.2. The number of carbonyl (C=O) groups excluding carboxylic acids is 1. The zero-order chi connectivity index (χ0) is 13.8. The summed E-state index contributed by atoms with van der Waals surface area (Å²) in [5, 5.41) is 13.8. The van der Waals surface area contributed by atoms with Gasteiger partial charge in [0.2, 0.25) is 5.91 Å². The molecule has 0 bridgehead atoms. The summed E-state index contributed by atoms with van der Waals surface area (Å²) >= 11 is 0. The van der Waals surface area contributed by atoms with Gasteiger partial charge >= 0.3 is 0 Å². The topological polar surface area (TPSA) is 72.2 Å². The van der Waals surface area contributed by atoms with Gasteiger partial charge in [-0.05, 0) is 30.9 Å². The van der Waals surface area contributed by atoms with Crippen LogP contribution >= 0.6 is 0 Å². The smallest absolute Gasteiger partial charge is 0.274 e. The Morgan fingerprint density at radius 1 is 1.32 bits per heavy atom. The fourth-order valence-corrected chi connectivity index (χ4v) is 2.74. The summed E-state index contributed by atoms with van der Waals surface area (Å²) in [4.78, 5) is 21.8. The van der Waals surface area contributed by atoms with Crippen LogP contribution in [-0.4, -0.2) is 10.8 Å². The van der Waals surface area contributed by atoms with Crippen LogP contribution in [0.15, 0.2) is 18.2 Å². The van der Waals surface area contributed by atoms with E-state index in [0.717, 1.165) is 31.2 Å². The number of anilines is 1. The molecule has 0 aromatic heterocycles. The molecule has 1 amide bonds. The number of hydrogen-bond acceptors (Lipinski definition) is 3. The number of nitrogens with one attached hydrogen (secondary N) is 1. The number of nitro benzene ring substituents is 1. The van der Waals surface area contributed by atoms with Gasteiger partial charge in [0.05, 0.1) is 4.92 Å². The fourth-order valence-electron chi connectivity index (χ4n) is 2.74. The van der Waals surface area contributed by atoms with E-state index in [9.17, 15) is 14.9 Å². The Morgan fingerprint density at radius 2 is 2.00 bits per heavy atom. The molecule has 5 nitrogen and oxygen atoms in total. The van der Waals surface area contributed by atoms with Crippen molar-refractivity contribution in [3.8, 4) is 0 Å². The Hall–Kier alpha value is -1.91. The molecule has 0 heterocycles. The minimum Gasteiger partial charge on any atom is -0.326 e. The van der Waals surface area contributed by atoms with Crippen LogP contribution in [0.3, 0.4) is 0 Å². The van der Waals surface area contributed by atoms with Gasteiger partial charge in [-0.25, -0.2) is 0 Å². The second-order valence-electron chi connectivity index (χ2n) is 5.05. The van der Waals surface area contributed by atoms with Crippen LogP contribution in [0.1, 0.15) is 50.5 Å². The molecule has 1 aliphatic carbocycles. The highest BCUT2D eigenvalue weighted by atomic mass is 16.6. The van der Waals surface area contributed by atoms with Crippen LogP contribution in [0.25, 0.3) is 0 Å². The summed E-state index contributed by atoms with van der Waals surface area (Å²) in [5.74, 6) is 0.0558. The third kappa shape index (κ3) is 3.30. The van der Waals surface area contributed by atoms with E-state index >= 15 is 0 Å². The number of carbonyl (C=O) groups is 1. The first kappa shape index (κ1) is 13.5. The lowest BCUT2D eigenvalue weighted by atomic mass is 9.83. The molecule has 1 aliphatic rings. The van der Waals surface area contributed by atoms with E-state index in [1.807, 2.05) is 0 Å². The second-order valence-corrected chi connectivity index (χ2v) is 5.05. The SMILES string of the molecule is CC(=O)Nc1ccc(C2CCCCC2)c([N+](=O)[O-])c1. The molecule has 0 saturated heterocycles. The summed E-state index contributed by atoms with van der Waals surface area (Å²) < 4.78 is 0. The molecule has 102 valence electrons. The molecule has 0 spiro atoms. The van der Waals surface area contributed by atoms with E-state index in [1.165, 1.54) is 19.4 Å². The molecule has 1 saturated carbocycles. The molecule has 1 N–H and O–H groups in total. The molecule has 0 unspecified atom stereocenters. The highest BCUT2D eigenvalue weighted by Crippen LogP contribution is 2.38. The summed E-state index contributed by atoms with van der Waals surface area (Å²) in [6.07, 6.45) is 5.51. The second kappa shape index (κ2) is 5.82. The van der Waals surface area contributed by atoms with Gasteiger partial charge in [0.1, 0.15) is 0 Å². The van der Waals surface area contributed by atoms with E-state index in [-0.39, 0.29) is 22.4 Å². The monoisotopic (exact) mass is 262 g/mol. The van der Waals surface area contributed by atoms with Crippen molar-refractivity contribution in [2.45, 2.75) is 44.9 Å². The number of rotatable bonds is 3. The molecule has 1 aromatic rings. The largest absolute Gasteiger partial charge is 0.326 e. The molecule has 0 atom stereocenters. The van der Waals surface area contributed by atoms with Crippen molar-refractivity contribution in [1.82, 2.24) is 0 Å². The summed E-state index contributed by atoms with van der Waals surface area (Å²) in [6, 6.07) is 5.00. The Bertz CT molecular complexity index is 493. The lowest BCUT2D eigenvalue weighted by molar-refractivity contribution is -0.385. The predicted octanol–water partition coefficient (Wildman–Crippen LogP) is 3.60. The van der Waals surface area contributed by atoms with E-state index in [2.05, 4.69) is 5.32 Å². The van der Waals surface area contributed by atoms with Crippen molar-refractivity contribution in [2.75, 3.05) is 5.32 Å². The minimum absolute atomic E-state index is 0.123. The van der Waals surface area contributed by atoms with Crippen molar-refractivity contribution >= 4 is 17.3 Å². The number of nitro groups is 1. The van der Waals surface area contributed by atoms with Crippen LogP contribution in [0.2, 0.25) is 0 Å². The van der Waals surface area contributed by atoms with Crippen LogP contribution < -0.4 is 5.32 Å². The third-order valence-electron chi connectivity index (χ3n) is 3.59. The quantitative estimate of drug-likeness (QED) is 0.668. The van der Waals surface area contributed by atoms with E-state index in [4.69, 9.17) is 0 Å². The van der Waals surface area contributed by atoms with Gasteiger partial charge in [-0.2, -0.15) is 0 Å². The predicted molar refractivity (Wildman–Crippen MR) is 73.2 cm³/mol. The summed E-state index contributed by atoms with van der Waals surface area (Å²) in [6.45, 7) is 1.39. The lowest BCUT2D eigenvalue weighted by Crippen LogP contribution is -2.09. The van der Waals surface area contributed by atoms with Gasteiger partial charge in [0.15, 0.2) is 0 Å². The summed E-state index contributed by atoms with van der Waals surface area (Å²) in [5.41, 5.74) is 1.41. The number of benzene rings is 1. The first-order valence-corrected chi connectivity index (χ1v) is 6.64. The normalized spacial score (nSPS) is 16.1. The summed E-state index contributed by atoms with van der Waals surface area (Å²) in [7, 11) is 0. The van der Waals surface area contributed by atoms with E-state index in [1.54, 1.807) is 12.1 Å². The molecule has 1 fully saturated rings. The van der Waals surface area contributed by atoms with Crippen molar-refractivity contribution in [3.63, 3.8) is 0 Å². The van der Waals surface area contributed by atoms with Gasteiger partial charge < -0.3 is 5.32 Å². The molecule has 0 aliphatic heterocycles. The molecule has 0 radical (unpaired) electrons. The first-order chi connectivity index (χ1) is 9.08. The average Bonchev–Trinajstić information content (AvgIpc) is 2.39. The first-order valence-electron chi connectivity index (χ1n) is 6.64. The van der Waals surface area contributed by atoms with Gasteiger partial charge in [-0.1, -0.05) is 19.3 Å². The highest BCUT2D eigenvalue weighted by Gasteiger charge is 2.24. The van der Waals surface area contributed by atoms with Crippen LogP contribution in [0.5, 0.6) is 0 Å².